The van der Waals surface area contributed by atoms with Gasteiger partial charge in [-0.15, -0.1) is 0 Å². The van der Waals surface area contributed by atoms with E-state index in [4.69, 9.17) is 56.8 Å². The van der Waals surface area contributed by atoms with Crippen LogP contribution in [0.1, 0.15) is 91.9 Å². The zero-order chi connectivity index (χ0) is 60.9. The first-order valence-electron chi connectivity index (χ1n) is 30.7. The summed E-state index contributed by atoms with van der Waals surface area (Å²) in [6.07, 6.45) is -37.4. The minimum Gasteiger partial charge on any atom is -0.394 e. The van der Waals surface area contributed by atoms with E-state index in [1.165, 1.54) is 0 Å². The molecule has 0 aromatic rings. The molecule has 0 radical (unpaired) electrons. The molecule has 0 aromatic carbocycles. The summed E-state index contributed by atoms with van der Waals surface area (Å²) >= 11 is 0. The molecule has 0 aromatic heterocycles. The Labute approximate surface area is 492 Å². The molecule has 28 nitrogen and oxygen atoms in total. The van der Waals surface area contributed by atoms with E-state index in [9.17, 15) is 81.4 Å². The standard InChI is InChI=1S/C57H92O28/c1-21-9-12-57(75-19-21)22(2)35-29(85-57)8-7-26-25-6-5-23-13-24(10-11-55(23,3)27(25)14-34(63)56(26,35)4)76-51-44(72)41(69)46(33(18-61)80-51)81-54-49(48(39(67)32(17-60)79-54)83-52-43(71)40(68)37(65)30(15-58)77-52)84-53-45(73)47(38(66)31(16-59)78-53)82-50-42(70)36(64)28(62)20-74-50/h21-33,35-54,58-62,64-73H,5-20H2,1-4H3/t21-,22+,23+,24+,25+,26+,27+,28-,29+,30-,31-,32-,33-,35+,36+,37-,38-,39-,40+,41-,42-,43-,44-,45-,46+,47+,48+,49-,50+,51-,52+,53+,54+,55+,56-,57-/m1/s1. The van der Waals surface area contributed by atoms with Crippen LogP contribution in [0.3, 0.4) is 0 Å². The smallest absolute Gasteiger partial charge is 0.187 e. The van der Waals surface area contributed by atoms with Crippen molar-refractivity contribution in [1.82, 2.24) is 0 Å². The van der Waals surface area contributed by atoms with Crippen molar-refractivity contribution < 1.29 is 138 Å². The Kier molecular flexibility index (Phi) is 19.6. The Balaban J connectivity index is 0.795. The predicted molar refractivity (Wildman–Crippen MR) is 280 cm³/mol. The highest BCUT2D eigenvalue weighted by molar-refractivity contribution is 5.87. The molecule has 11 aliphatic rings. The minimum absolute atomic E-state index is 0.0209. The highest BCUT2D eigenvalue weighted by atomic mass is 16.8. The monoisotopic (exact) mass is 1220 g/mol. The molecule has 15 N–H and O–H groups in total. The van der Waals surface area contributed by atoms with Crippen LogP contribution in [-0.2, 0) is 61.6 Å². The maximum atomic E-state index is 14.9. The quantitative estimate of drug-likeness (QED) is 0.0725. The molecule has 0 amide bonds. The van der Waals surface area contributed by atoms with Crippen LogP contribution in [0.15, 0.2) is 0 Å². The van der Waals surface area contributed by atoms with E-state index in [0.717, 1.165) is 44.9 Å². The molecule has 85 heavy (non-hydrogen) atoms. The van der Waals surface area contributed by atoms with Gasteiger partial charge in [-0.05, 0) is 86.4 Å². The Morgan fingerprint density at radius 1 is 0.506 bits per heavy atom. The summed E-state index contributed by atoms with van der Waals surface area (Å²) in [5.41, 5.74) is -0.716. The van der Waals surface area contributed by atoms with Crippen LogP contribution in [-0.4, -0.2) is 287 Å². The lowest BCUT2D eigenvalue weighted by atomic mass is 9.40. The summed E-state index contributed by atoms with van der Waals surface area (Å²) in [5, 5.41) is 164. The van der Waals surface area contributed by atoms with E-state index < -0.39 is 198 Å². The number of aliphatic hydroxyl groups is 15. The number of carbonyl (C=O) groups excluding carboxylic acids is 1. The molecular formula is C57H92O28. The first-order chi connectivity index (χ1) is 40.4. The molecule has 4 aliphatic carbocycles. The second-order valence-corrected chi connectivity index (χ2v) is 26.9. The maximum absolute atomic E-state index is 14.9. The lowest BCUT2D eigenvalue weighted by Crippen LogP contribution is -2.69. The first-order valence-corrected chi connectivity index (χ1v) is 30.7. The molecule has 7 heterocycles. The largest absolute Gasteiger partial charge is 0.394 e. The lowest BCUT2D eigenvalue weighted by molar-refractivity contribution is -0.410. The van der Waals surface area contributed by atoms with Crippen LogP contribution in [0.2, 0.25) is 0 Å². The third-order valence-corrected chi connectivity index (χ3v) is 22.3. The van der Waals surface area contributed by atoms with Crippen LogP contribution in [0.25, 0.3) is 0 Å². The number of Topliss-reactive ketones (excluding diaryl/α,β-unsaturated/α-hetero) is 1. The zero-order valence-electron chi connectivity index (χ0n) is 48.4. The van der Waals surface area contributed by atoms with Crippen molar-refractivity contribution in [3.8, 4) is 0 Å². The second-order valence-electron chi connectivity index (χ2n) is 26.9. The fourth-order valence-electron chi connectivity index (χ4n) is 17.3. The molecule has 36 atom stereocenters. The number of ether oxygens (including phenoxy) is 12. The van der Waals surface area contributed by atoms with Gasteiger partial charge in [0.2, 0.25) is 0 Å². The van der Waals surface area contributed by atoms with Gasteiger partial charge in [-0.2, -0.15) is 0 Å². The molecule has 28 heteroatoms. The van der Waals surface area contributed by atoms with Gasteiger partial charge < -0.3 is 133 Å². The van der Waals surface area contributed by atoms with Gasteiger partial charge in [0.1, 0.15) is 122 Å². The normalized spacial score (nSPS) is 56.5. The van der Waals surface area contributed by atoms with Gasteiger partial charge in [0.05, 0.1) is 51.8 Å². The third-order valence-electron chi connectivity index (χ3n) is 22.3. The fourth-order valence-corrected chi connectivity index (χ4v) is 17.3. The van der Waals surface area contributed by atoms with Crippen LogP contribution in [0, 0.1) is 52.3 Å². The fraction of sp³-hybridized carbons (Fsp3) is 0.982. The van der Waals surface area contributed by atoms with Crippen molar-refractivity contribution in [2.24, 2.45) is 52.3 Å². The highest BCUT2D eigenvalue weighted by Gasteiger charge is 2.70. The van der Waals surface area contributed by atoms with E-state index in [2.05, 4.69) is 27.7 Å². The summed E-state index contributed by atoms with van der Waals surface area (Å²) in [4.78, 5) is 14.9. The van der Waals surface area contributed by atoms with Crippen LogP contribution < -0.4 is 0 Å². The Hall–Kier alpha value is -1.41. The summed E-state index contributed by atoms with van der Waals surface area (Å²) in [6, 6.07) is 0. The van der Waals surface area contributed by atoms with E-state index in [1.807, 2.05) is 0 Å². The van der Waals surface area contributed by atoms with Crippen molar-refractivity contribution in [3.05, 3.63) is 0 Å². The van der Waals surface area contributed by atoms with Crippen molar-refractivity contribution in [3.63, 3.8) is 0 Å². The Morgan fingerprint density at radius 3 is 1.75 bits per heavy atom. The SMILES string of the molecule is C[C@@H]1CC[C@@]2(OC1)O[C@H]1CC[C@H]3[C@@H]4CC[C@H]5C[C@@H](O[C@@H]6O[C@H](CO)[C@H](O[C@@H]7O[C@H](CO)[C@@H](O)[C@H](O[C@@H]8O[C@H](CO)[C@@H](O)[C@H](O)[C@H]8O)[C@H]7O[C@@H]7O[C@H](CO)[C@@H](O)[C@H](O[C@@H]8OC[C@@H](O)[C@H](O)[C@H]8O)[C@H]7O)[C@H](O)[C@H]6O)CC[C@]5(C)[C@H]4CC(=O)[C@]3(C)[C@H]1[C@@H]2C. The van der Waals surface area contributed by atoms with Gasteiger partial charge >= 0.3 is 0 Å². The van der Waals surface area contributed by atoms with Crippen molar-refractivity contribution in [1.29, 1.82) is 0 Å². The number of hydrogen-bond acceptors (Lipinski definition) is 28. The number of fused-ring (bicyclic) bond motifs is 7. The summed E-state index contributed by atoms with van der Waals surface area (Å²) in [5.74, 6) is 1.16. The minimum atomic E-state index is -2.16. The summed E-state index contributed by atoms with van der Waals surface area (Å²) < 4.78 is 73.2. The van der Waals surface area contributed by atoms with Gasteiger partial charge in [-0.3, -0.25) is 4.79 Å². The predicted octanol–water partition coefficient (Wildman–Crippen LogP) is -4.88. The number of aliphatic hydroxyl groups excluding tert-OH is 15. The lowest BCUT2D eigenvalue weighted by Gasteiger charge is -2.63. The van der Waals surface area contributed by atoms with E-state index in [0.29, 0.717) is 43.5 Å². The van der Waals surface area contributed by atoms with Crippen LogP contribution in [0.4, 0.5) is 0 Å². The molecule has 0 unspecified atom stereocenters. The molecule has 4 saturated carbocycles. The average molecular weight is 1230 g/mol. The average Bonchev–Trinajstić information content (AvgIpc) is 1.82. The molecular weight excluding hydrogens is 1130 g/mol. The summed E-state index contributed by atoms with van der Waals surface area (Å²) in [7, 11) is 0. The van der Waals surface area contributed by atoms with Gasteiger partial charge in [0.15, 0.2) is 37.2 Å². The Morgan fingerprint density at radius 2 is 1.08 bits per heavy atom. The van der Waals surface area contributed by atoms with Crippen molar-refractivity contribution >= 4 is 5.78 Å². The van der Waals surface area contributed by atoms with Crippen molar-refractivity contribution in [2.75, 3.05) is 39.6 Å². The van der Waals surface area contributed by atoms with Crippen LogP contribution >= 0.6 is 0 Å². The van der Waals surface area contributed by atoms with Gasteiger partial charge in [0, 0.05) is 30.1 Å². The van der Waals surface area contributed by atoms with Gasteiger partial charge in [-0.1, -0.05) is 27.7 Å². The topological polar surface area (TPSA) is 431 Å². The molecule has 0 bridgehead atoms. The first kappa shape index (κ1) is 65.1. The number of hydrogen-bond donors (Lipinski definition) is 15. The van der Waals surface area contributed by atoms with Gasteiger partial charge in [-0.25, -0.2) is 0 Å². The maximum Gasteiger partial charge on any atom is 0.187 e. The molecule has 11 rings (SSSR count). The second kappa shape index (κ2) is 25.6. The number of rotatable bonds is 14. The Bertz CT molecular complexity index is 2250. The van der Waals surface area contributed by atoms with Gasteiger partial charge in [0.25, 0.3) is 0 Å². The number of carbonyl (C=O) groups is 1. The van der Waals surface area contributed by atoms with E-state index in [-0.39, 0.29) is 41.1 Å². The molecule has 488 valence electrons. The molecule has 1 spiro atoms. The number of ketones is 1. The van der Waals surface area contributed by atoms with Crippen LogP contribution in [0.5, 0.6) is 0 Å². The van der Waals surface area contributed by atoms with E-state index in [1.54, 1.807) is 0 Å². The molecule has 11 fully saturated rings. The molecule has 7 aliphatic heterocycles. The zero-order valence-corrected chi connectivity index (χ0v) is 48.4. The molecule has 7 saturated heterocycles. The van der Waals surface area contributed by atoms with E-state index >= 15 is 0 Å². The summed E-state index contributed by atoms with van der Waals surface area (Å²) in [6.45, 7) is 5.33. The third kappa shape index (κ3) is 11.4. The van der Waals surface area contributed by atoms with Crippen molar-refractivity contribution in [2.45, 2.75) is 257 Å². The highest BCUT2D eigenvalue weighted by Crippen LogP contribution is 2.69.